The fraction of sp³-hybridized carbons (Fsp3) is 0.444. The van der Waals surface area contributed by atoms with Crippen LogP contribution in [0.3, 0.4) is 0 Å². The molecule has 1 aliphatic heterocycles. The van der Waals surface area contributed by atoms with E-state index in [4.69, 9.17) is 0 Å². The van der Waals surface area contributed by atoms with Crippen molar-refractivity contribution < 1.29 is 9.53 Å². The normalized spacial score (nSPS) is 15.5. The van der Waals surface area contributed by atoms with Gasteiger partial charge in [-0.05, 0) is 13.0 Å². The Morgan fingerprint density at radius 1 is 1.55 bits per heavy atom. The van der Waals surface area contributed by atoms with Crippen molar-refractivity contribution in [2.45, 2.75) is 20.8 Å². The number of rotatable bonds is 1. The Bertz CT molecular complexity index is 178. The molecule has 2 nitrogen and oxygen atoms in total. The fourth-order valence-corrected chi connectivity index (χ4v) is 0.689. The van der Waals surface area contributed by atoms with Crippen molar-refractivity contribution >= 4 is 5.97 Å². The van der Waals surface area contributed by atoms with Gasteiger partial charge in [0.25, 0.3) is 0 Å². The van der Waals surface area contributed by atoms with E-state index in [2.05, 4.69) is 4.74 Å². The van der Waals surface area contributed by atoms with Gasteiger partial charge in [-0.3, -0.25) is 0 Å². The van der Waals surface area contributed by atoms with Gasteiger partial charge in [0.05, 0.1) is 5.57 Å². The van der Waals surface area contributed by atoms with Crippen LogP contribution in [0.5, 0.6) is 0 Å². The molecular weight excluding hydrogens is 140 g/mol. The van der Waals surface area contributed by atoms with Gasteiger partial charge in [-0.2, -0.15) is 0 Å². The molecule has 0 spiro atoms. The van der Waals surface area contributed by atoms with Crippen molar-refractivity contribution in [1.82, 2.24) is 0 Å². The van der Waals surface area contributed by atoms with Gasteiger partial charge in [0, 0.05) is 0 Å². The number of allylic oxidation sites excluding steroid dienone is 1. The Morgan fingerprint density at radius 3 is 2.55 bits per heavy atom. The Balaban J connectivity index is 0.000000461. The standard InChI is InChI=1S/C7H8O2.C2H6/c1-2-3-6-4-5-9-7(6)8;1-2/h2-4H,5H2,1H3;1-2H3/b3-2+;. The van der Waals surface area contributed by atoms with Crippen LogP contribution in [0.1, 0.15) is 20.8 Å². The number of carbonyl (C=O) groups is 1. The van der Waals surface area contributed by atoms with E-state index in [1.165, 1.54) is 0 Å². The van der Waals surface area contributed by atoms with Gasteiger partial charge in [-0.15, -0.1) is 0 Å². The molecule has 0 unspecified atom stereocenters. The Morgan fingerprint density at radius 2 is 2.18 bits per heavy atom. The Kier molecular flexibility index (Phi) is 5.17. The van der Waals surface area contributed by atoms with E-state index in [1.807, 2.05) is 26.8 Å². The van der Waals surface area contributed by atoms with Crippen LogP contribution >= 0.6 is 0 Å². The summed E-state index contributed by atoms with van der Waals surface area (Å²) in [7, 11) is 0. The van der Waals surface area contributed by atoms with Gasteiger partial charge in [-0.1, -0.05) is 26.0 Å². The maximum atomic E-state index is 10.6. The van der Waals surface area contributed by atoms with Crippen molar-refractivity contribution in [2.75, 3.05) is 6.61 Å². The second-order valence-electron chi connectivity index (χ2n) is 1.76. The van der Waals surface area contributed by atoms with Crippen molar-refractivity contribution in [3.05, 3.63) is 23.8 Å². The highest BCUT2D eigenvalue weighted by atomic mass is 16.5. The van der Waals surface area contributed by atoms with Crippen molar-refractivity contribution in [3.63, 3.8) is 0 Å². The summed E-state index contributed by atoms with van der Waals surface area (Å²) in [6.07, 6.45) is 5.33. The van der Waals surface area contributed by atoms with Crippen LogP contribution in [0.4, 0.5) is 0 Å². The zero-order chi connectivity index (χ0) is 8.69. The molecule has 1 heterocycles. The number of cyclic esters (lactones) is 1. The monoisotopic (exact) mass is 154 g/mol. The van der Waals surface area contributed by atoms with E-state index in [0.29, 0.717) is 12.2 Å². The summed E-state index contributed by atoms with van der Waals surface area (Å²) in [5, 5.41) is 0. The molecule has 0 bridgehead atoms. The summed E-state index contributed by atoms with van der Waals surface area (Å²) in [6.45, 7) is 6.30. The molecule has 1 aliphatic rings. The minimum Gasteiger partial charge on any atom is -0.458 e. The summed E-state index contributed by atoms with van der Waals surface area (Å²) in [5.41, 5.74) is 0.664. The number of hydrogen-bond donors (Lipinski definition) is 0. The highest BCUT2D eigenvalue weighted by Gasteiger charge is 2.11. The zero-order valence-corrected chi connectivity index (χ0v) is 7.26. The third-order valence-electron chi connectivity index (χ3n) is 1.10. The zero-order valence-electron chi connectivity index (χ0n) is 7.26. The highest BCUT2D eigenvalue weighted by molar-refractivity contribution is 5.93. The van der Waals surface area contributed by atoms with Crippen molar-refractivity contribution in [1.29, 1.82) is 0 Å². The number of carbonyl (C=O) groups excluding carboxylic acids is 1. The van der Waals surface area contributed by atoms with E-state index in [9.17, 15) is 4.79 Å². The van der Waals surface area contributed by atoms with Crippen LogP contribution in [0.25, 0.3) is 0 Å². The molecule has 0 aromatic carbocycles. The van der Waals surface area contributed by atoms with Crippen molar-refractivity contribution in [2.24, 2.45) is 0 Å². The van der Waals surface area contributed by atoms with Crippen molar-refractivity contribution in [3.8, 4) is 0 Å². The molecule has 62 valence electrons. The molecule has 0 N–H and O–H groups in total. The van der Waals surface area contributed by atoms with Crippen LogP contribution in [0.15, 0.2) is 23.8 Å². The summed E-state index contributed by atoms with van der Waals surface area (Å²) < 4.78 is 4.64. The lowest BCUT2D eigenvalue weighted by atomic mass is 10.2. The average Bonchev–Trinajstić information content (AvgIpc) is 2.42. The molecule has 0 atom stereocenters. The van der Waals surface area contributed by atoms with Gasteiger partial charge >= 0.3 is 5.97 Å². The van der Waals surface area contributed by atoms with E-state index < -0.39 is 0 Å². The first-order chi connectivity index (χ1) is 5.34. The first-order valence-electron chi connectivity index (χ1n) is 3.84. The van der Waals surface area contributed by atoms with Gasteiger partial charge in [-0.25, -0.2) is 4.79 Å². The molecule has 0 radical (unpaired) electrons. The summed E-state index contributed by atoms with van der Waals surface area (Å²) >= 11 is 0. The van der Waals surface area contributed by atoms with E-state index in [0.717, 1.165) is 0 Å². The van der Waals surface area contributed by atoms with Crippen LogP contribution in [-0.2, 0) is 9.53 Å². The highest BCUT2D eigenvalue weighted by Crippen LogP contribution is 2.06. The average molecular weight is 154 g/mol. The lowest BCUT2D eigenvalue weighted by Crippen LogP contribution is -1.96. The van der Waals surface area contributed by atoms with Gasteiger partial charge in [0.15, 0.2) is 0 Å². The molecule has 0 saturated carbocycles. The van der Waals surface area contributed by atoms with Crippen LogP contribution < -0.4 is 0 Å². The molecule has 0 aromatic heterocycles. The smallest absolute Gasteiger partial charge is 0.338 e. The first-order valence-corrected chi connectivity index (χ1v) is 3.84. The number of ether oxygens (including phenoxy) is 1. The van der Waals surface area contributed by atoms with Gasteiger partial charge in [0.2, 0.25) is 0 Å². The maximum Gasteiger partial charge on any atom is 0.338 e. The molecule has 2 heteroatoms. The lowest BCUT2D eigenvalue weighted by molar-refractivity contribution is -0.135. The summed E-state index contributed by atoms with van der Waals surface area (Å²) in [5.74, 6) is -0.215. The molecular formula is C9H14O2. The summed E-state index contributed by atoms with van der Waals surface area (Å²) in [6, 6.07) is 0. The van der Waals surface area contributed by atoms with Gasteiger partial charge < -0.3 is 4.74 Å². The van der Waals surface area contributed by atoms with Crippen LogP contribution in [0, 0.1) is 0 Å². The minimum absolute atomic E-state index is 0.215. The number of esters is 1. The summed E-state index contributed by atoms with van der Waals surface area (Å²) in [4.78, 5) is 10.6. The van der Waals surface area contributed by atoms with Crippen LogP contribution in [-0.4, -0.2) is 12.6 Å². The largest absolute Gasteiger partial charge is 0.458 e. The SMILES string of the molecule is C/C=C/C1=CCOC1=O.CC. The topological polar surface area (TPSA) is 26.3 Å². The molecule has 0 saturated heterocycles. The fourth-order valence-electron chi connectivity index (χ4n) is 0.689. The molecule has 0 amide bonds. The van der Waals surface area contributed by atoms with Gasteiger partial charge in [0.1, 0.15) is 6.61 Å². The molecule has 0 fully saturated rings. The Hall–Kier alpha value is -1.05. The third kappa shape index (κ3) is 3.03. The minimum atomic E-state index is -0.215. The predicted molar refractivity (Wildman–Crippen MR) is 45.2 cm³/mol. The second kappa shape index (κ2) is 5.71. The quantitative estimate of drug-likeness (QED) is 0.540. The molecule has 0 aromatic rings. The second-order valence-corrected chi connectivity index (χ2v) is 1.76. The maximum absolute atomic E-state index is 10.6. The van der Waals surface area contributed by atoms with E-state index in [1.54, 1.807) is 12.2 Å². The Labute approximate surface area is 67.6 Å². The number of hydrogen-bond acceptors (Lipinski definition) is 2. The first kappa shape index (κ1) is 9.95. The van der Waals surface area contributed by atoms with E-state index in [-0.39, 0.29) is 5.97 Å². The lowest BCUT2D eigenvalue weighted by Gasteiger charge is -1.87. The molecule has 11 heavy (non-hydrogen) atoms. The van der Waals surface area contributed by atoms with Crippen LogP contribution in [0.2, 0.25) is 0 Å². The molecule has 1 rings (SSSR count). The molecule has 0 aliphatic carbocycles. The van der Waals surface area contributed by atoms with E-state index >= 15 is 0 Å². The third-order valence-corrected chi connectivity index (χ3v) is 1.10. The predicted octanol–water partition coefficient (Wildman–Crippen LogP) is 2.07.